The van der Waals surface area contributed by atoms with Gasteiger partial charge in [0.05, 0.1) is 17.5 Å². The fourth-order valence-electron chi connectivity index (χ4n) is 1.56. The number of rotatable bonds is 3. The molecule has 0 spiro atoms. The smallest absolute Gasteiger partial charge is 0.265 e. The molecule has 0 amide bonds. The first-order valence-electron chi connectivity index (χ1n) is 5.39. The largest absolute Gasteiger partial charge is 0.472 e. The van der Waals surface area contributed by atoms with Gasteiger partial charge in [0, 0.05) is 0 Å². The van der Waals surface area contributed by atoms with Crippen LogP contribution in [-0.2, 0) is 6.42 Å². The number of halogens is 1. The fourth-order valence-corrected chi connectivity index (χ4v) is 1.91. The zero-order valence-electron chi connectivity index (χ0n) is 9.66. The minimum atomic E-state index is -0.160. The van der Waals surface area contributed by atoms with Crippen LogP contribution in [0, 0.1) is 5.92 Å². The van der Waals surface area contributed by atoms with E-state index < -0.39 is 0 Å². The number of nitrogens with one attached hydrogen (secondary N) is 1. The van der Waals surface area contributed by atoms with Gasteiger partial charge in [0.2, 0.25) is 0 Å². The van der Waals surface area contributed by atoms with E-state index in [-0.39, 0.29) is 5.56 Å². The first-order valence-corrected chi connectivity index (χ1v) is 6.18. The highest BCUT2D eigenvalue weighted by Crippen LogP contribution is 2.19. The summed E-state index contributed by atoms with van der Waals surface area (Å²) in [5.41, 5.74) is 1.39. The predicted octanol–water partition coefficient (Wildman–Crippen LogP) is 2.99. The number of furan rings is 1. The molecule has 0 saturated heterocycles. The quantitative estimate of drug-likeness (QED) is 0.947. The Morgan fingerprint density at radius 1 is 1.53 bits per heavy atom. The van der Waals surface area contributed by atoms with E-state index in [0.717, 1.165) is 17.7 Å². The van der Waals surface area contributed by atoms with Gasteiger partial charge in [-0.15, -0.1) is 0 Å². The lowest BCUT2D eigenvalue weighted by atomic mass is 10.1. The minimum absolute atomic E-state index is 0.160. The van der Waals surface area contributed by atoms with Gasteiger partial charge in [0.1, 0.15) is 16.6 Å². The van der Waals surface area contributed by atoms with Crippen molar-refractivity contribution >= 4 is 15.9 Å². The summed E-state index contributed by atoms with van der Waals surface area (Å²) in [4.78, 5) is 18.9. The number of hydrogen-bond acceptors (Lipinski definition) is 3. The van der Waals surface area contributed by atoms with Crippen LogP contribution < -0.4 is 5.56 Å². The molecule has 0 bridgehead atoms. The van der Waals surface area contributed by atoms with E-state index in [0.29, 0.717) is 16.2 Å². The lowest BCUT2D eigenvalue weighted by molar-refractivity contribution is 0.567. The van der Waals surface area contributed by atoms with Crippen molar-refractivity contribution in [3.63, 3.8) is 0 Å². The topological polar surface area (TPSA) is 58.9 Å². The third kappa shape index (κ3) is 2.66. The Hall–Kier alpha value is -1.36. The van der Waals surface area contributed by atoms with Gasteiger partial charge >= 0.3 is 0 Å². The summed E-state index contributed by atoms with van der Waals surface area (Å²) in [6.45, 7) is 4.18. The highest BCUT2D eigenvalue weighted by atomic mass is 79.9. The van der Waals surface area contributed by atoms with Gasteiger partial charge in [-0.1, -0.05) is 13.8 Å². The van der Waals surface area contributed by atoms with Crippen LogP contribution in [0.3, 0.4) is 0 Å². The molecule has 17 heavy (non-hydrogen) atoms. The molecular weight excluding hydrogens is 284 g/mol. The van der Waals surface area contributed by atoms with Crippen molar-refractivity contribution in [2.75, 3.05) is 0 Å². The summed E-state index contributed by atoms with van der Waals surface area (Å²) in [5, 5.41) is 0. The zero-order valence-corrected chi connectivity index (χ0v) is 11.2. The monoisotopic (exact) mass is 296 g/mol. The number of H-pyrrole nitrogens is 1. The van der Waals surface area contributed by atoms with Gasteiger partial charge in [0.25, 0.3) is 5.56 Å². The molecule has 0 unspecified atom stereocenters. The summed E-state index contributed by atoms with van der Waals surface area (Å²) in [5.74, 6) is 0.986. The van der Waals surface area contributed by atoms with E-state index in [2.05, 4.69) is 39.7 Å². The Morgan fingerprint density at radius 2 is 2.29 bits per heavy atom. The van der Waals surface area contributed by atoms with E-state index in [4.69, 9.17) is 4.42 Å². The molecule has 0 aliphatic rings. The Morgan fingerprint density at radius 3 is 2.88 bits per heavy atom. The Labute approximate surface area is 107 Å². The maximum atomic E-state index is 11.8. The predicted molar refractivity (Wildman–Crippen MR) is 68.8 cm³/mol. The summed E-state index contributed by atoms with van der Waals surface area (Å²) in [6.07, 6.45) is 3.88. The van der Waals surface area contributed by atoms with Crippen molar-refractivity contribution in [3.05, 3.63) is 39.1 Å². The van der Waals surface area contributed by atoms with E-state index >= 15 is 0 Å². The van der Waals surface area contributed by atoms with Crippen LogP contribution in [0.25, 0.3) is 11.4 Å². The van der Waals surface area contributed by atoms with Crippen molar-refractivity contribution in [1.29, 1.82) is 0 Å². The molecule has 2 heterocycles. The molecule has 0 atom stereocenters. The van der Waals surface area contributed by atoms with Crippen LogP contribution in [0.2, 0.25) is 0 Å². The molecule has 90 valence electrons. The second-order valence-electron chi connectivity index (χ2n) is 4.29. The Kier molecular flexibility index (Phi) is 3.47. The molecule has 0 radical (unpaired) electrons. The molecule has 2 rings (SSSR count). The number of aromatic nitrogens is 2. The Balaban J connectivity index is 2.50. The summed E-state index contributed by atoms with van der Waals surface area (Å²) < 4.78 is 5.50. The molecular formula is C12H13BrN2O2. The average molecular weight is 297 g/mol. The summed E-state index contributed by atoms with van der Waals surface area (Å²) in [7, 11) is 0. The third-order valence-corrected chi connectivity index (χ3v) is 3.15. The molecule has 0 aliphatic carbocycles. The van der Waals surface area contributed by atoms with Gasteiger partial charge < -0.3 is 9.40 Å². The molecule has 0 aliphatic heterocycles. The fraction of sp³-hybridized carbons (Fsp3) is 0.333. The zero-order chi connectivity index (χ0) is 12.4. The lowest BCUT2D eigenvalue weighted by Gasteiger charge is -2.07. The van der Waals surface area contributed by atoms with E-state index in [1.54, 1.807) is 18.6 Å². The average Bonchev–Trinajstić information content (AvgIpc) is 2.77. The van der Waals surface area contributed by atoms with Crippen LogP contribution in [0.4, 0.5) is 0 Å². The molecule has 2 aromatic rings. The van der Waals surface area contributed by atoms with Gasteiger partial charge in [0.15, 0.2) is 0 Å². The van der Waals surface area contributed by atoms with Crippen molar-refractivity contribution in [1.82, 2.24) is 9.97 Å². The standard InChI is InChI=1S/C12H13BrN2O2/c1-7(2)5-9-10(13)12(16)15-11(14-9)8-3-4-17-6-8/h3-4,6-7H,5H2,1-2H3,(H,14,15,16). The van der Waals surface area contributed by atoms with Gasteiger partial charge in [-0.25, -0.2) is 4.98 Å². The van der Waals surface area contributed by atoms with Crippen LogP contribution in [0.5, 0.6) is 0 Å². The van der Waals surface area contributed by atoms with Crippen LogP contribution >= 0.6 is 15.9 Å². The van der Waals surface area contributed by atoms with Gasteiger partial charge in [-0.2, -0.15) is 0 Å². The van der Waals surface area contributed by atoms with Crippen molar-refractivity contribution < 1.29 is 4.42 Å². The second-order valence-corrected chi connectivity index (χ2v) is 5.08. The van der Waals surface area contributed by atoms with E-state index in [1.807, 2.05) is 0 Å². The number of hydrogen-bond donors (Lipinski definition) is 1. The van der Waals surface area contributed by atoms with E-state index in [9.17, 15) is 4.79 Å². The normalized spacial score (nSPS) is 11.1. The van der Waals surface area contributed by atoms with Crippen LogP contribution in [-0.4, -0.2) is 9.97 Å². The molecule has 1 N–H and O–H groups in total. The first kappa shape index (κ1) is 12.1. The van der Waals surface area contributed by atoms with Crippen LogP contribution in [0.1, 0.15) is 19.5 Å². The highest BCUT2D eigenvalue weighted by molar-refractivity contribution is 9.10. The van der Waals surface area contributed by atoms with Gasteiger partial charge in [-0.3, -0.25) is 4.79 Å². The highest BCUT2D eigenvalue weighted by Gasteiger charge is 2.12. The lowest BCUT2D eigenvalue weighted by Crippen LogP contribution is -2.14. The molecule has 0 aromatic carbocycles. The first-order chi connectivity index (χ1) is 8.08. The third-order valence-electron chi connectivity index (χ3n) is 2.33. The van der Waals surface area contributed by atoms with E-state index in [1.165, 1.54) is 0 Å². The maximum Gasteiger partial charge on any atom is 0.265 e. The summed E-state index contributed by atoms with van der Waals surface area (Å²) >= 11 is 3.28. The Bertz CT molecular complexity index is 558. The molecule has 4 nitrogen and oxygen atoms in total. The summed E-state index contributed by atoms with van der Waals surface area (Å²) in [6, 6.07) is 1.77. The minimum Gasteiger partial charge on any atom is -0.472 e. The molecule has 0 saturated carbocycles. The number of nitrogens with zero attached hydrogens (tertiary/aromatic N) is 1. The van der Waals surface area contributed by atoms with Crippen molar-refractivity contribution in [2.24, 2.45) is 5.92 Å². The second kappa shape index (κ2) is 4.87. The number of aromatic amines is 1. The molecule has 2 aromatic heterocycles. The van der Waals surface area contributed by atoms with Crippen molar-refractivity contribution in [2.45, 2.75) is 20.3 Å². The molecule has 0 fully saturated rings. The molecule has 5 heteroatoms. The van der Waals surface area contributed by atoms with Gasteiger partial charge in [-0.05, 0) is 34.3 Å². The maximum absolute atomic E-state index is 11.8. The SMILES string of the molecule is CC(C)Cc1nc(-c2ccoc2)[nH]c(=O)c1Br. The van der Waals surface area contributed by atoms with Crippen LogP contribution in [0.15, 0.2) is 32.3 Å². The van der Waals surface area contributed by atoms with Crippen molar-refractivity contribution in [3.8, 4) is 11.4 Å².